The largest absolute Gasteiger partial charge is 0.399 e. The molecule has 2 rings (SSSR count). The molecule has 2 aromatic heterocycles. The molecule has 0 aliphatic rings. The molecule has 5 nitrogen and oxygen atoms in total. The molecule has 84 valence electrons. The SMILES string of the molecule is CCn1ccn(Cc2cc(N)ccn2)c1=O. The first-order valence-electron chi connectivity index (χ1n) is 5.16. The molecule has 0 atom stereocenters. The minimum Gasteiger partial charge on any atom is -0.399 e. The maximum Gasteiger partial charge on any atom is 0.328 e. The van der Waals surface area contributed by atoms with Gasteiger partial charge in [0.25, 0.3) is 0 Å². The molecular weight excluding hydrogens is 204 g/mol. The Balaban J connectivity index is 2.27. The van der Waals surface area contributed by atoms with E-state index in [0.29, 0.717) is 18.8 Å². The van der Waals surface area contributed by atoms with Gasteiger partial charge >= 0.3 is 5.69 Å². The zero-order valence-electron chi connectivity index (χ0n) is 9.13. The number of nitrogens with two attached hydrogens (primary N) is 1. The van der Waals surface area contributed by atoms with Crippen LogP contribution >= 0.6 is 0 Å². The van der Waals surface area contributed by atoms with Crippen molar-refractivity contribution in [3.8, 4) is 0 Å². The van der Waals surface area contributed by atoms with Gasteiger partial charge in [-0.15, -0.1) is 0 Å². The van der Waals surface area contributed by atoms with Crippen LogP contribution in [0.15, 0.2) is 35.5 Å². The number of pyridine rings is 1. The lowest BCUT2D eigenvalue weighted by Crippen LogP contribution is -2.24. The van der Waals surface area contributed by atoms with Crippen molar-refractivity contribution in [2.75, 3.05) is 5.73 Å². The quantitative estimate of drug-likeness (QED) is 0.824. The fourth-order valence-electron chi connectivity index (χ4n) is 1.57. The van der Waals surface area contributed by atoms with Crippen molar-refractivity contribution in [2.24, 2.45) is 0 Å². The summed E-state index contributed by atoms with van der Waals surface area (Å²) in [6.07, 6.45) is 5.18. The molecule has 2 N–H and O–H groups in total. The summed E-state index contributed by atoms with van der Waals surface area (Å²) in [5.74, 6) is 0. The summed E-state index contributed by atoms with van der Waals surface area (Å²) in [6.45, 7) is 3.07. The van der Waals surface area contributed by atoms with E-state index in [1.165, 1.54) is 0 Å². The van der Waals surface area contributed by atoms with Crippen molar-refractivity contribution >= 4 is 5.69 Å². The molecule has 0 saturated carbocycles. The molecule has 0 radical (unpaired) electrons. The van der Waals surface area contributed by atoms with Crippen LogP contribution in [0.25, 0.3) is 0 Å². The number of aryl methyl sites for hydroxylation is 1. The predicted molar refractivity (Wildman–Crippen MR) is 62.1 cm³/mol. The van der Waals surface area contributed by atoms with Gasteiger partial charge in [-0.1, -0.05) is 0 Å². The van der Waals surface area contributed by atoms with Crippen molar-refractivity contribution in [1.82, 2.24) is 14.1 Å². The Labute approximate surface area is 93.2 Å². The molecule has 0 aliphatic heterocycles. The summed E-state index contributed by atoms with van der Waals surface area (Å²) in [4.78, 5) is 15.9. The molecule has 0 fully saturated rings. The Morgan fingerprint density at radius 2 is 2.12 bits per heavy atom. The molecule has 0 saturated heterocycles. The van der Waals surface area contributed by atoms with Crippen LogP contribution in [0, 0.1) is 0 Å². The third kappa shape index (κ3) is 1.98. The van der Waals surface area contributed by atoms with E-state index in [1.807, 2.05) is 6.92 Å². The van der Waals surface area contributed by atoms with Gasteiger partial charge in [-0.2, -0.15) is 0 Å². The lowest BCUT2D eigenvalue weighted by molar-refractivity contribution is 0.662. The molecule has 0 unspecified atom stereocenters. The number of rotatable bonds is 3. The van der Waals surface area contributed by atoms with Gasteiger partial charge in [0.2, 0.25) is 0 Å². The highest BCUT2D eigenvalue weighted by Gasteiger charge is 2.03. The van der Waals surface area contributed by atoms with E-state index in [0.717, 1.165) is 5.69 Å². The molecule has 0 spiro atoms. The normalized spacial score (nSPS) is 10.6. The molecule has 5 heteroatoms. The van der Waals surface area contributed by atoms with E-state index < -0.39 is 0 Å². The van der Waals surface area contributed by atoms with Gasteiger partial charge in [0.05, 0.1) is 12.2 Å². The van der Waals surface area contributed by atoms with Crippen molar-refractivity contribution in [3.05, 3.63) is 46.9 Å². The average molecular weight is 218 g/mol. The van der Waals surface area contributed by atoms with Crippen molar-refractivity contribution < 1.29 is 0 Å². The van der Waals surface area contributed by atoms with E-state index in [-0.39, 0.29) is 5.69 Å². The zero-order valence-corrected chi connectivity index (χ0v) is 9.13. The minimum absolute atomic E-state index is 0.0216. The molecule has 0 amide bonds. The first-order valence-corrected chi connectivity index (χ1v) is 5.16. The Morgan fingerprint density at radius 3 is 2.75 bits per heavy atom. The fraction of sp³-hybridized carbons (Fsp3) is 0.273. The average Bonchev–Trinajstić information content (AvgIpc) is 2.60. The summed E-state index contributed by atoms with van der Waals surface area (Å²) in [6, 6.07) is 3.50. The van der Waals surface area contributed by atoms with Crippen LogP contribution in [0.2, 0.25) is 0 Å². The number of hydrogen-bond acceptors (Lipinski definition) is 3. The van der Waals surface area contributed by atoms with E-state index in [9.17, 15) is 4.79 Å². The number of anilines is 1. The molecular formula is C11H14N4O. The second-order valence-corrected chi connectivity index (χ2v) is 3.58. The van der Waals surface area contributed by atoms with E-state index in [4.69, 9.17) is 5.73 Å². The number of nitrogen functional groups attached to an aromatic ring is 1. The highest BCUT2D eigenvalue weighted by atomic mass is 16.1. The second kappa shape index (κ2) is 4.22. The zero-order chi connectivity index (χ0) is 11.5. The third-order valence-corrected chi connectivity index (χ3v) is 2.43. The Bertz CT molecular complexity index is 541. The van der Waals surface area contributed by atoms with E-state index >= 15 is 0 Å². The molecule has 2 aromatic rings. The van der Waals surface area contributed by atoms with Crippen LogP contribution in [0.1, 0.15) is 12.6 Å². The Hall–Kier alpha value is -2.04. The maximum atomic E-state index is 11.8. The first kappa shape index (κ1) is 10.5. The fourth-order valence-corrected chi connectivity index (χ4v) is 1.57. The monoisotopic (exact) mass is 218 g/mol. The molecule has 0 aromatic carbocycles. The van der Waals surface area contributed by atoms with Crippen LogP contribution in [0.5, 0.6) is 0 Å². The number of imidazole rings is 1. The lowest BCUT2D eigenvalue weighted by atomic mass is 10.3. The summed E-state index contributed by atoms with van der Waals surface area (Å²) in [5, 5.41) is 0. The van der Waals surface area contributed by atoms with Crippen molar-refractivity contribution in [3.63, 3.8) is 0 Å². The van der Waals surface area contributed by atoms with Gasteiger partial charge in [0.1, 0.15) is 0 Å². The van der Waals surface area contributed by atoms with Crippen LogP contribution in [0.4, 0.5) is 5.69 Å². The molecule has 0 bridgehead atoms. The topological polar surface area (TPSA) is 65.8 Å². The Morgan fingerprint density at radius 1 is 1.38 bits per heavy atom. The summed E-state index contributed by atoms with van der Waals surface area (Å²) < 4.78 is 3.26. The van der Waals surface area contributed by atoms with Gasteiger partial charge < -0.3 is 5.73 Å². The molecule has 0 aliphatic carbocycles. The lowest BCUT2D eigenvalue weighted by Gasteiger charge is -2.02. The maximum absolute atomic E-state index is 11.8. The van der Waals surface area contributed by atoms with E-state index in [1.54, 1.807) is 39.9 Å². The standard InChI is InChI=1S/C11H14N4O/c1-2-14-5-6-15(11(14)16)8-10-7-9(12)3-4-13-10/h3-7H,2,8H2,1H3,(H2,12,13). The smallest absolute Gasteiger partial charge is 0.328 e. The third-order valence-electron chi connectivity index (χ3n) is 2.43. The van der Waals surface area contributed by atoms with E-state index in [2.05, 4.69) is 4.98 Å². The highest BCUT2D eigenvalue weighted by molar-refractivity contribution is 5.37. The number of aromatic nitrogens is 3. The van der Waals surface area contributed by atoms with Gasteiger partial charge in [0.15, 0.2) is 0 Å². The first-order chi connectivity index (χ1) is 7.70. The van der Waals surface area contributed by atoms with Gasteiger partial charge in [0, 0.05) is 30.8 Å². The van der Waals surface area contributed by atoms with Crippen LogP contribution < -0.4 is 11.4 Å². The van der Waals surface area contributed by atoms with Crippen LogP contribution in [-0.4, -0.2) is 14.1 Å². The highest BCUT2D eigenvalue weighted by Crippen LogP contribution is 2.03. The summed E-state index contributed by atoms with van der Waals surface area (Å²) >= 11 is 0. The molecule has 2 heterocycles. The van der Waals surface area contributed by atoms with Crippen LogP contribution in [-0.2, 0) is 13.1 Å². The van der Waals surface area contributed by atoms with Gasteiger partial charge in [-0.05, 0) is 19.1 Å². The van der Waals surface area contributed by atoms with Crippen LogP contribution in [0.3, 0.4) is 0 Å². The van der Waals surface area contributed by atoms with Gasteiger partial charge in [-0.25, -0.2) is 4.79 Å². The minimum atomic E-state index is -0.0216. The molecule has 16 heavy (non-hydrogen) atoms. The Kier molecular flexibility index (Phi) is 2.76. The summed E-state index contributed by atoms with van der Waals surface area (Å²) in [7, 11) is 0. The second-order valence-electron chi connectivity index (χ2n) is 3.58. The number of hydrogen-bond donors (Lipinski definition) is 1. The van der Waals surface area contributed by atoms with Gasteiger partial charge in [-0.3, -0.25) is 14.1 Å². The summed E-state index contributed by atoms with van der Waals surface area (Å²) in [5.41, 5.74) is 7.08. The number of nitrogens with zero attached hydrogens (tertiary/aromatic N) is 3. The van der Waals surface area contributed by atoms with Crippen molar-refractivity contribution in [1.29, 1.82) is 0 Å². The predicted octanol–water partition coefficient (Wildman–Crippen LogP) is 0.695. The van der Waals surface area contributed by atoms with Crippen molar-refractivity contribution in [2.45, 2.75) is 20.0 Å².